The van der Waals surface area contributed by atoms with Crippen LogP contribution in [0.5, 0.6) is 5.75 Å². The van der Waals surface area contributed by atoms with Crippen LogP contribution >= 0.6 is 27.5 Å². The zero-order valence-electron chi connectivity index (χ0n) is 11.8. The molecule has 0 aliphatic heterocycles. The molecular weight excluding hydrogens is 324 g/mol. The van der Waals surface area contributed by atoms with E-state index in [4.69, 9.17) is 16.3 Å². The minimum Gasteiger partial charge on any atom is -0.492 e. The van der Waals surface area contributed by atoms with Gasteiger partial charge in [-0.05, 0) is 37.5 Å². The number of rotatable bonds is 10. The molecule has 0 aromatic heterocycles. The largest absolute Gasteiger partial charge is 0.492 e. The number of aryl methyl sites for hydroxylation is 1. The van der Waals surface area contributed by atoms with Crippen LogP contribution in [0.25, 0.3) is 0 Å². The van der Waals surface area contributed by atoms with Crippen molar-refractivity contribution in [3.05, 3.63) is 28.8 Å². The first-order valence-electron chi connectivity index (χ1n) is 7.19. The number of benzene rings is 1. The van der Waals surface area contributed by atoms with E-state index in [0.29, 0.717) is 0 Å². The molecule has 0 atom stereocenters. The lowest BCUT2D eigenvalue weighted by molar-refractivity contribution is 0.304. The summed E-state index contributed by atoms with van der Waals surface area (Å²) in [5, 5.41) is 1.85. The summed E-state index contributed by atoms with van der Waals surface area (Å²) in [6.07, 6.45) is 9.03. The Morgan fingerprint density at radius 1 is 1.00 bits per heavy atom. The topological polar surface area (TPSA) is 9.23 Å². The third-order valence-electron chi connectivity index (χ3n) is 3.12. The maximum Gasteiger partial charge on any atom is 0.137 e. The summed E-state index contributed by atoms with van der Waals surface area (Å²) in [6.45, 7) is 2.80. The van der Waals surface area contributed by atoms with E-state index in [1.165, 1.54) is 44.1 Å². The first-order chi connectivity index (χ1) is 9.24. The third kappa shape index (κ3) is 7.84. The summed E-state index contributed by atoms with van der Waals surface area (Å²) in [6, 6.07) is 5.93. The molecule has 0 unspecified atom stereocenters. The number of alkyl halides is 1. The van der Waals surface area contributed by atoms with Gasteiger partial charge in [-0.25, -0.2) is 0 Å². The van der Waals surface area contributed by atoms with Gasteiger partial charge in [0.25, 0.3) is 0 Å². The lowest BCUT2D eigenvalue weighted by atomic mass is 10.1. The fourth-order valence-corrected chi connectivity index (χ4v) is 2.67. The van der Waals surface area contributed by atoms with Gasteiger partial charge in [-0.2, -0.15) is 0 Å². The zero-order valence-corrected chi connectivity index (χ0v) is 14.1. The number of hydrogen-bond donors (Lipinski definition) is 0. The van der Waals surface area contributed by atoms with Gasteiger partial charge >= 0.3 is 0 Å². The van der Waals surface area contributed by atoms with Gasteiger partial charge in [0, 0.05) is 5.33 Å². The summed E-state index contributed by atoms with van der Waals surface area (Å²) >= 11 is 9.57. The molecule has 0 aliphatic rings. The minimum absolute atomic E-state index is 0.717. The van der Waals surface area contributed by atoms with Crippen LogP contribution in [0.4, 0.5) is 0 Å². The van der Waals surface area contributed by atoms with Crippen LogP contribution in [0, 0.1) is 6.92 Å². The fraction of sp³-hybridized carbons (Fsp3) is 0.625. The second-order valence-corrected chi connectivity index (χ2v) is 6.15. The van der Waals surface area contributed by atoms with Gasteiger partial charge in [0.15, 0.2) is 0 Å². The highest BCUT2D eigenvalue weighted by atomic mass is 79.9. The maximum absolute atomic E-state index is 6.11. The van der Waals surface area contributed by atoms with Crippen molar-refractivity contribution in [3.8, 4) is 5.75 Å². The highest BCUT2D eigenvalue weighted by Crippen LogP contribution is 2.25. The van der Waals surface area contributed by atoms with E-state index in [1.54, 1.807) is 0 Å². The van der Waals surface area contributed by atoms with E-state index in [-0.39, 0.29) is 0 Å². The molecule has 0 amide bonds. The average Bonchev–Trinajstić information content (AvgIpc) is 2.39. The van der Waals surface area contributed by atoms with Crippen LogP contribution in [0.3, 0.4) is 0 Å². The predicted molar refractivity (Wildman–Crippen MR) is 87.8 cm³/mol. The second kappa shape index (κ2) is 10.6. The van der Waals surface area contributed by atoms with E-state index in [2.05, 4.69) is 15.9 Å². The molecule has 0 aliphatic carbocycles. The van der Waals surface area contributed by atoms with E-state index in [1.807, 2.05) is 25.1 Å². The molecule has 0 bridgehead atoms. The Hall–Kier alpha value is -0.210. The molecular formula is C16H24BrClO. The summed E-state index contributed by atoms with van der Waals surface area (Å²) in [4.78, 5) is 0. The Morgan fingerprint density at radius 3 is 2.26 bits per heavy atom. The molecule has 1 aromatic carbocycles. The number of halogens is 2. The average molecular weight is 348 g/mol. The van der Waals surface area contributed by atoms with Crippen molar-refractivity contribution in [2.45, 2.75) is 51.9 Å². The van der Waals surface area contributed by atoms with Crippen molar-refractivity contribution >= 4 is 27.5 Å². The van der Waals surface area contributed by atoms with Gasteiger partial charge in [0.1, 0.15) is 5.75 Å². The summed E-state index contributed by atoms with van der Waals surface area (Å²) in [7, 11) is 0. The molecule has 0 fully saturated rings. The molecule has 0 spiro atoms. The lowest BCUT2D eigenvalue weighted by Gasteiger charge is -2.08. The molecule has 108 valence electrons. The van der Waals surface area contributed by atoms with Gasteiger partial charge in [-0.3, -0.25) is 0 Å². The van der Waals surface area contributed by atoms with Crippen molar-refractivity contribution in [1.29, 1.82) is 0 Å². The standard InChI is InChI=1S/C16H24BrClO/c1-14-9-10-16(15(18)13-14)19-12-8-6-4-2-3-5-7-11-17/h9-10,13H,2-8,11-12H2,1H3. The molecule has 0 radical (unpaired) electrons. The van der Waals surface area contributed by atoms with E-state index in [9.17, 15) is 0 Å². The quantitative estimate of drug-likeness (QED) is 0.364. The third-order valence-corrected chi connectivity index (χ3v) is 3.98. The van der Waals surface area contributed by atoms with Crippen molar-refractivity contribution in [1.82, 2.24) is 0 Å². The Kier molecular flexibility index (Phi) is 9.36. The van der Waals surface area contributed by atoms with Gasteiger partial charge in [0.05, 0.1) is 11.6 Å². The highest BCUT2D eigenvalue weighted by molar-refractivity contribution is 9.09. The van der Waals surface area contributed by atoms with E-state index in [0.717, 1.165) is 29.1 Å². The molecule has 0 saturated carbocycles. The zero-order chi connectivity index (χ0) is 13.9. The monoisotopic (exact) mass is 346 g/mol. The van der Waals surface area contributed by atoms with Crippen molar-refractivity contribution < 1.29 is 4.74 Å². The Bertz CT molecular complexity index is 355. The lowest BCUT2D eigenvalue weighted by Crippen LogP contribution is -1.98. The highest BCUT2D eigenvalue weighted by Gasteiger charge is 2.01. The Morgan fingerprint density at radius 2 is 1.63 bits per heavy atom. The normalized spacial score (nSPS) is 10.7. The summed E-state index contributed by atoms with van der Waals surface area (Å²) < 4.78 is 5.70. The van der Waals surface area contributed by atoms with Crippen LogP contribution in [-0.4, -0.2) is 11.9 Å². The molecule has 0 N–H and O–H groups in total. The number of hydrogen-bond acceptors (Lipinski definition) is 1. The first-order valence-corrected chi connectivity index (χ1v) is 8.69. The Labute approximate surface area is 130 Å². The number of unbranched alkanes of at least 4 members (excludes halogenated alkanes) is 6. The van der Waals surface area contributed by atoms with Crippen molar-refractivity contribution in [2.24, 2.45) is 0 Å². The summed E-state index contributed by atoms with van der Waals surface area (Å²) in [5.74, 6) is 0.810. The Balaban J connectivity index is 2.01. The van der Waals surface area contributed by atoms with E-state index >= 15 is 0 Å². The second-order valence-electron chi connectivity index (χ2n) is 4.95. The fourth-order valence-electron chi connectivity index (χ4n) is 1.99. The molecule has 1 nitrogen and oxygen atoms in total. The molecule has 19 heavy (non-hydrogen) atoms. The van der Waals surface area contributed by atoms with Crippen LogP contribution in [-0.2, 0) is 0 Å². The van der Waals surface area contributed by atoms with Crippen molar-refractivity contribution in [2.75, 3.05) is 11.9 Å². The smallest absolute Gasteiger partial charge is 0.137 e. The van der Waals surface area contributed by atoms with Crippen LogP contribution < -0.4 is 4.74 Å². The molecule has 3 heteroatoms. The maximum atomic E-state index is 6.11. The van der Waals surface area contributed by atoms with Crippen LogP contribution in [0.1, 0.15) is 50.5 Å². The van der Waals surface area contributed by atoms with E-state index < -0.39 is 0 Å². The van der Waals surface area contributed by atoms with Gasteiger partial charge in [0.2, 0.25) is 0 Å². The van der Waals surface area contributed by atoms with Crippen LogP contribution in [0.2, 0.25) is 5.02 Å². The van der Waals surface area contributed by atoms with Gasteiger partial charge < -0.3 is 4.74 Å². The predicted octanol–water partition coefficient (Wildman–Crippen LogP) is 6.15. The number of ether oxygens (including phenoxy) is 1. The first kappa shape index (κ1) is 16.8. The van der Waals surface area contributed by atoms with Crippen LogP contribution in [0.15, 0.2) is 18.2 Å². The minimum atomic E-state index is 0.717. The van der Waals surface area contributed by atoms with Crippen molar-refractivity contribution in [3.63, 3.8) is 0 Å². The SMILES string of the molecule is Cc1ccc(OCCCCCCCCCBr)c(Cl)c1. The van der Waals surface area contributed by atoms with Gasteiger partial charge in [-0.1, -0.05) is 65.7 Å². The molecule has 1 rings (SSSR count). The van der Waals surface area contributed by atoms with Gasteiger partial charge in [-0.15, -0.1) is 0 Å². The molecule has 0 heterocycles. The summed E-state index contributed by atoms with van der Waals surface area (Å²) in [5.41, 5.74) is 1.17. The molecule has 1 aromatic rings. The molecule has 0 saturated heterocycles.